The number of nitrogens with two attached hydrogens (primary N) is 1. The molecule has 0 aliphatic carbocycles. The van der Waals surface area contributed by atoms with E-state index >= 15 is 0 Å². The first-order valence-electron chi connectivity index (χ1n) is 4.45. The summed E-state index contributed by atoms with van der Waals surface area (Å²) in [5.74, 6) is -3.90. The molecular weight excluding hydrogens is 285 g/mol. The van der Waals surface area contributed by atoms with Crippen LogP contribution in [0, 0.1) is 0 Å². The molecule has 0 saturated carbocycles. The minimum atomic E-state index is -4.59. The predicted molar refractivity (Wildman–Crippen MR) is 62.2 cm³/mol. The Morgan fingerprint density at radius 3 is 1.84 bits per heavy atom. The zero-order valence-corrected chi connectivity index (χ0v) is 10.9. The van der Waals surface area contributed by atoms with Crippen LogP contribution in [0.25, 0.3) is 0 Å². The molecule has 11 nitrogen and oxygen atoms in total. The van der Waals surface area contributed by atoms with Gasteiger partial charge in [0, 0.05) is 14.0 Å². The van der Waals surface area contributed by atoms with Crippen LogP contribution in [0.5, 0.6) is 0 Å². The smallest absolute Gasteiger partial charge is 0.451 e. The monoisotopic (exact) mass is 299 g/mol. The van der Waals surface area contributed by atoms with E-state index in [-0.39, 0.29) is 0 Å². The summed E-state index contributed by atoms with van der Waals surface area (Å²) in [7, 11) is -3.34. The number of carboxylic acids is 2. The molecule has 0 heterocycles. The van der Waals surface area contributed by atoms with Crippen molar-refractivity contribution in [1.29, 1.82) is 0 Å². The Morgan fingerprint density at radius 2 is 1.63 bits per heavy atom. The van der Waals surface area contributed by atoms with E-state index in [1.54, 1.807) is 0 Å². The highest BCUT2D eigenvalue weighted by atomic mass is 31.2. The van der Waals surface area contributed by atoms with Crippen molar-refractivity contribution in [2.45, 2.75) is 6.92 Å². The fraction of sp³-hybridized carbons (Fsp3) is 0.429. The molecule has 6 N–H and O–H groups in total. The van der Waals surface area contributed by atoms with Gasteiger partial charge in [-0.15, -0.1) is 4.76 Å². The summed E-state index contributed by atoms with van der Waals surface area (Å²) in [6.07, 6.45) is 0. The van der Waals surface area contributed by atoms with E-state index in [2.05, 4.69) is 4.76 Å². The van der Waals surface area contributed by atoms with Crippen LogP contribution in [0.15, 0.2) is 4.76 Å². The second kappa shape index (κ2) is 8.19. The minimum Gasteiger partial charge on any atom is -0.480 e. The van der Waals surface area contributed by atoms with E-state index in [9.17, 15) is 18.9 Å². The van der Waals surface area contributed by atoms with Gasteiger partial charge in [-0.3, -0.25) is 9.59 Å². The van der Waals surface area contributed by atoms with E-state index in [1.165, 1.54) is 7.05 Å². The number of ketones is 1. The highest BCUT2D eigenvalue weighted by Crippen LogP contribution is 2.35. The molecule has 0 fully saturated rings. The van der Waals surface area contributed by atoms with E-state index in [1.807, 2.05) is 0 Å². The maximum Gasteiger partial charge on any atom is 0.451 e. The van der Waals surface area contributed by atoms with Crippen molar-refractivity contribution in [1.82, 2.24) is 4.90 Å². The van der Waals surface area contributed by atoms with Crippen LogP contribution >= 0.6 is 7.75 Å². The molecule has 0 rings (SSSR count). The number of likely N-dealkylation sites (N-methyl/N-ethyl adjacent to an activating group) is 1. The van der Waals surface area contributed by atoms with Crippen molar-refractivity contribution >= 4 is 31.4 Å². The molecule has 110 valence electrons. The molecule has 0 bridgehead atoms. The average Bonchev–Trinajstić information content (AvgIpc) is 2.14. The van der Waals surface area contributed by atoms with E-state index < -0.39 is 38.0 Å². The number of Topliss-reactive ketones (excluding diaryl/α,β-unsaturated/α-hetero) is 1. The Bertz CT molecular complexity index is 416. The van der Waals surface area contributed by atoms with E-state index in [0.717, 1.165) is 11.8 Å². The van der Waals surface area contributed by atoms with Crippen LogP contribution < -0.4 is 5.73 Å². The summed E-state index contributed by atoms with van der Waals surface area (Å²) in [6.45, 7) is 0.525. The van der Waals surface area contributed by atoms with E-state index in [4.69, 9.17) is 25.7 Å². The normalized spacial score (nSPS) is 11.1. The summed E-state index contributed by atoms with van der Waals surface area (Å²) in [4.78, 5) is 46.6. The van der Waals surface area contributed by atoms with Crippen molar-refractivity contribution < 1.29 is 38.9 Å². The van der Waals surface area contributed by atoms with Gasteiger partial charge in [0.05, 0.1) is 0 Å². The lowest BCUT2D eigenvalue weighted by Crippen LogP contribution is -2.37. The Balaban J connectivity index is 0. The van der Waals surface area contributed by atoms with Crippen LogP contribution in [-0.4, -0.2) is 62.2 Å². The summed E-state index contributed by atoms with van der Waals surface area (Å²) < 4.78 is 13.1. The number of hydrogen-bond acceptors (Lipinski definition) is 4. The standard InChI is InChI=1S/C4H10N3O5P.C3H4O3/c1-7(2-3(8)9)4(5)6-13(10,11)12;1-2(4)3(5)6/h2H2,1H3,(H,8,9)(H4,5,6,10,11,12);1H3,(H,5,6). The number of rotatable bonds is 4. The lowest BCUT2D eigenvalue weighted by atomic mass is 10.5. The minimum absolute atomic E-state index is 0.477. The van der Waals surface area contributed by atoms with Crippen LogP contribution in [0.4, 0.5) is 0 Å². The molecule has 0 aromatic carbocycles. The molecule has 12 heteroatoms. The van der Waals surface area contributed by atoms with Gasteiger partial charge >= 0.3 is 19.7 Å². The maximum absolute atomic E-state index is 10.3. The zero-order chi connectivity index (χ0) is 15.8. The molecule has 0 aliphatic heterocycles. The topological polar surface area (TPSA) is 191 Å². The quantitative estimate of drug-likeness (QED) is 0.169. The number of carbonyl (C=O) groups excluding carboxylic acids is 1. The molecule has 19 heavy (non-hydrogen) atoms. The molecule has 0 unspecified atom stereocenters. The molecule has 0 aromatic heterocycles. The number of nitrogens with zero attached hydrogens (tertiary/aromatic N) is 2. The van der Waals surface area contributed by atoms with Gasteiger partial charge in [0.25, 0.3) is 0 Å². The first-order valence-corrected chi connectivity index (χ1v) is 6.01. The van der Waals surface area contributed by atoms with Crippen molar-refractivity contribution in [2.24, 2.45) is 10.5 Å². The largest absolute Gasteiger partial charge is 0.480 e. The number of hydrogen-bond donors (Lipinski definition) is 5. The van der Waals surface area contributed by atoms with Gasteiger partial charge in [-0.25, -0.2) is 9.36 Å². The molecule has 0 radical (unpaired) electrons. The number of guanidine groups is 1. The summed E-state index contributed by atoms with van der Waals surface area (Å²) in [5.41, 5.74) is 5.07. The molecule has 0 amide bonds. The van der Waals surface area contributed by atoms with E-state index in [0.29, 0.717) is 0 Å². The van der Waals surface area contributed by atoms with Gasteiger partial charge in [0.2, 0.25) is 11.7 Å². The molecule has 0 atom stereocenters. The molecule has 0 saturated heterocycles. The van der Waals surface area contributed by atoms with Crippen molar-refractivity contribution in [3.05, 3.63) is 0 Å². The average molecular weight is 299 g/mol. The molecule has 0 spiro atoms. The van der Waals surface area contributed by atoms with Gasteiger partial charge in [-0.05, 0) is 0 Å². The third-order valence-corrected chi connectivity index (χ3v) is 1.76. The van der Waals surface area contributed by atoms with Gasteiger partial charge in [0.1, 0.15) is 6.54 Å². The Labute approximate surface area is 107 Å². The Hall–Kier alpha value is -1.97. The van der Waals surface area contributed by atoms with Gasteiger partial charge in [-0.2, -0.15) is 0 Å². The maximum atomic E-state index is 10.3. The first-order chi connectivity index (χ1) is 8.36. The molecule has 0 aliphatic rings. The van der Waals surface area contributed by atoms with Crippen molar-refractivity contribution in [3.8, 4) is 0 Å². The molecule has 0 aromatic rings. The van der Waals surface area contributed by atoms with Gasteiger partial charge in [-0.1, -0.05) is 0 Å². The summed E-state index contributed by atoms with van der Waals surface area (Å²) in [5, 5.41) is 15.9. The Morgan fingerprint density at radius 1 is 1.26 bits per heavy atom. The predicted octanol–water partition coefficient (Wildman–Crippen LogP) is -1.93. The Kier molecular flexibility index (Phi) is 8.35. The number of carbonyl (C=O) groups is 3. The SMILES string of the molecule is CC(=O)C(=O)O.CN(CC(=O)O)/C(N)=N/P(=O)(O)O. The second-order valence-electron chi connectivity index (χ2n) is 3.08. The van der Waals surface area contributed by atoms with Gasteiger partial charge in [0.15, 0.2) is 0 Å². The summed E-state index contributed by atoms with van der Waals surface area (Å²) in [6, 6.07) is 0. The third-order valence-electron chi connectivity index (χ3n) is 1.30. The number of aliphatic carboxylic acids is 2. The highest BCUT2D eigenvalue weighted by Gasteiger charge is 2.14. The second-order valence-corrected chi connectivity index (χ2v) is 4.31. The van der Waals surface area contributed by atoms with Crippen LogP contribution in [0.2, 0.25) is 0 Å². The lowest BCUT2D eigenvalue weighted by molar-refractivity contribution is -0.148. The third kappa shape index (κ3) is 14.0. The van der Waals surface area contributed by atoms with Crippen molar-refractivity contribution in [3.63, 3.8) is 0 Å². The first kappa shape index (κ1) is 19.4. The van der Waals surface area contributed by atoms with Crippen LogP contribution in [0.1, 0.15) is 6.92 Å². The fourth-order valence-electron chi connectivity index (χ4n) is 0.494. The van der Waals surface area contributed by atoms with Crippen LogP contribution in [-0.2, 0) is 18.9 Å². The van der Waals surface area contributed by atoms with Crippen molar-refractivity contribution in [2.75, 3.05) is 13.6 Å². The summed E-state index contributed by atoms with van der Waals surface area (Å²) >= 11 is 0. The zero-order valence-electron chi connectivity index (χ0n) is 10.0. The fourth-order valence-corrected chi connectivity index (χ4v) is 0.913. The van der Waals surface area contributed by atoms with Crippen LogP contribution in [0.3, 0.4) is 0 Å². The highest BCUT2D eigenvalue weighted by molar-refractivity contribution is 7.50. The number of carboxylic acid groups (broad SMARTS) is 2. The van der Waals surface area contributed by atoms with Gasteiger partial charge < -0.3 is 30.6 Å². The molecular formula is C7H14N3O8P. The lowest BCUT2D eigenvalue weighted by Gasteiger charge is -2.14.